The van der Waals surface area contributed by atoms with Crippen LogP contribution in [0.1, 0.15) is 18.4 Å². The molecule has 0 amide bonds. The summed E-state index contributed by atoms with van der Waals surface area (Å²) in [6.45, 7) is 0.458. The van der Waals surface area contributed by atoms with E-state index in [4.69, 9.17) is 5.11 Å². The first-order valence-electron chi connectivity index (χ1n) is 5.89. The van der Waals surface area contributed by atoms with Gasteiger partial charge in [-0.05, 0) is 25.0 Å². The molecule has 0 aliphatic carbocycles. The summed E-state index contributed by atoms with van der Waals surface area (Å²) in [6.07, 6.45) is -2.17. The summed E-state index contributed by atoms with van der Waals surface area (Å²) in [7, 11) is 0. The molecule has 1 aromatic rings. The zero-order chi connectivity index (χ0) is 14.0. The van der Waals surface area contributed by atoms with Gasteiger partial charge in [-0.3, -0.25) is 4.79 Å². The molecule has 1 aliphatic heterocycles. The molecule has 0 unspecified atom stereocenters. The van der Waals surface area contributed by atoms with Gasteiger partial charge in [0.1, 0.15) is 5.82 Å². The fourth-order valence-corrected chi connectivity index (χ4v) is 2.24. The Kier molecular flexibility index (Phi) is 3.64. The molecule has 1 atom stereocenters. The molecule has 7 heteroatoms. The maximum atomic E-state index is 12.9. The molecule has 0 saturated carbocycles. The van der Waals surface area contributed by atoms with Crippen molar-refractivity contribution in [2.75, 3.05) is 18.0 Å². The smallest absolute Gasteiger partial charge is 0.419 e. The molecule has 1 aromatic heterocycles. The first-order chi connectivity index (χ1) is 8.89. The van der Waals surface area contributed by atoms with Crippen LogP contribution >= 0.6 is 0 Å². The van der Waals surface area contributed by atoms with Crippen molar-refractivity contribution in [1.29, 1.82) is 0 Å². The lowest BCUT2D eigenvalue weighted by molar-refractivity contribution is -0.141. The highest BCUT2D eigenvalue weighted by molar-refractivity contribution is 5.71. The third kappa shape index (κ3) is 2.97. The van der Waals surface area contributed by atoms with E-state index < -0.39 is 23.6 Å². The van der Waals surface area contributed by atoms with E-state index in [0.717, 1.165) is 6.07 Å². The number of carboxylic acid groups (broad SMARTS) is 1. The first-order valence-corrected chi connectivity index (χ1v) is 5.89. The van der Waals surface area contributed by atoms with Crippen molar-refractivity contribution in [3.05, 3.63) is 23.9 Å². The highest BCUT2D eigenvalue weighted by Gasteiger charge is 2.37. The standard InChI is InChI=1S/C12H13F3N2O2/c13-12(14,15)9-4-1-5-16-10(9)17-6-2-3-8(7-17)11(18)19/h1,4-5,8H,2-3,6-7H2,(H,18,19)/t8-/m1/s1. The van der Waals surface area contributed by atoms with Crippen LogP contribution in [0.15, 0.2) is 18.3 Å². The summed E-state index contributed by atoms with van der Waals surface area (Å²) in [6, 6.07) is 2.19. The molecule has 2 heterocycles. The van der Waals surface area contributed by atoms with Crippen LogP contribution in [-0.2, 0) is 11.0 Å². The Labute approximate surface area is 107 Å². The van der Waals surface area contributed by atoms with E-state index in [1.165, 1.54) is 17.2 Å². The van der Waals surface area contributed by atoms with Crippen LogP contribution in [0.2, 0.25) is 0 Å². The van der Waals surface area contributed by atoms with E-state index >= 15 is 0 Å². The van der Waals surface area contributed by atoms with Crippen molar-refractivity contribution >= 4 is 11.8 Å². The summed E-state index contributed by atoms with van der Waals surface area (Å²) in [4.78, 5) is 16.1. The van der Waals surface area contributed by atoms with Crippen LogP contribution in [0.5, 0.6) is 0 Å². The molecule has 1 N–H and O–H groups in total. The molecule has 1 saturated heterocycles. The van der Waals surface area contributed by atoms with Crippen molar-refractivity contribution in [2.24, 2.45) is 5.92 Å². The first kappa shape index (κ1) is 13.6. The van der Waals surface area contributed by atoms with Gasteiger partial charge in [0.15, 0.2) is 0 Å². The molecule has 1 fully saturated rings. The van der Waals surface area contributed by atoms with Crippen molar-refractivity contribution in [1.82, 2.24) is 4.98 Å². The summed E-state index contributed by atoms with van der Waals surface area (Å²) in [5.74, 6) is -1.80. The monoisotopic (exact) mass is 274 g/mol. The molecule has 2 rings (SSSR count). The van der Waals surface area contributed by atoms with Gasteiger partial charge in [0, 0.05) is 19.3 Å². The van der Waals surface area contributed by atoms with Gasteiger partial charge in [-0.2, -0.15) is 13.2 Å². The molecule has 104 valence electrons. The van der Waals surface area contributed by atoms with Crippen LogP contribution in [-0.4, -0.2) is 29.1 Å². The number of carboxylic acids is 1. The number of carbonyl (C=O) groups is 1. The number of alkyl halides is 3. The number of nitrogens with zero attached hydrogens (tertiary/aromatic N) is 2. The van der Waals surface area contributed by atoms with Gasteiger partial charge in [-0.25, -0.2) is 4.98 Å². The van der Waals surface area contributed by atoms with Gasteiger partial charge in [-0.1, -0.05) is 0 Å². The van der Waals surface area contributed by atoms with Gasteiger partial charge in [0.25, 0.3) is 0 Å². The maximum absolute atomic E-state index is 12.9. The van der Waals surface area contributed by atoms with Gasteiger partial charge in [0.05, 0.1) is 11.5 Å². The number of pyridine rings is 1. The Balaban J connectivity index is 2.29. The number of hydrogen-bond donors (Lipinski definition) is 1. The van der Waals surface area contributed by atoms with E-state index in [0.29, 0.717) is 19.4 Å². The van der Waals surface area contributed by atoms with Crippen LogP contribution in [0.25, 0.3) is 0 Å². The van der Waals surface area contributed by atoms with Crippen molar-refractivity contribution in [3.8, 4) is 0 Å². The van der Waals surface area contributed by atoms with E-state index in [1.807, 2.05) is 0 Å². The van der Waals surface area contributed by atoms with Gasteiger partial charge in [0.2, 0.25) is 0 Å². The Bertz CT molecular complexity index is 476. The van der Waals surface area contributed by atoms with Gasteiger partial charge >= 0.3 is 12.1 Å². The minimum atomic E-state index is -4.49. The number of piperidine rings is 1. The summed E-state index contributed by atoms with van der Waals surface area (Å²) < 4.78 is 38.6. The average Bonchev–Trinajstić information content (AvgIpc) is 2.38. The van der Waals surface area contributed by atoms with Crippen molar-refractivity contribution < 1.29 is 23.1 Å². The second-order valence-electron chi connectivity index (χ2n) is 4.50. The highest BCUT2D eigenvalue weighted by atomic mass is 19.4. The molecule has 4 nitrogen and oxygen atoms in total. The number of anilines is 1. The Morgan fingerprint density at radius 1 is 1.47 bits per heavy atom. The molecule has 0 bridgehead atoms. The topological polar surface area (TPSA) is 53.4 Å². The quantitative estimate of drug-likeness (QED) is 0.899. The van der Waals surface area contributed by atoms with Crippen LogP contribution in [0.3, 0.4) is 0 Å². The Morgan fingerprint density at radius 3 is 2.84 bits per heavy atom. The van der Waals surface area contributed by atoms with E-state index in [9.17, 15) is 18.0 Å². The molecule has 19 heavy (non-hydrogen) atoms. The van der Waals surface area contributed by atoms with E-state index in [2.05, 4.69) is 4.98 Å². The third-order valence-corrected chi connectivity index (χ3v) is 3.16. The number of aliphatic carboxylic acids is 1. The lowest BCUT2D eigenvalue weighted by Gasteiger charge is -2.33. The molecule has 0 aromatic carbocycles. The number of halogens is 3. The van der Waals surface area contributed by atoms with Crippen LogP contribution in [0, 0.1) is 5.92 Å². The highest BCUT2D eigenvalue weighted by Crippen LogP contribution is 2.36. The normalized spacial score (nSPS) is 20.4. The predicted octanol–water partition coefficient (Wildman–Crippen LogP) is 2.40. The lowest BCUT2D eigenvalue weighted by Crippen LogP contribution is -2.40. The SMILES string of the molecule is O=C(O)[C@@H]1CCCN(c2ncccc2C(F)(F)F)C1. The maximum Gasteiger partial charge on any atom is 0.419 e. The van der Waals surface area contributed by atoms with Crippen LogP contribution < -0.4 is 4.90 Å². The molecular formula is C12H13F3N2O2. The zero-order valence-corrected chi connectivity index (χ0v) is 10.0. The number of aromatic nitrogens is 1. The van der Waals surface area contributed by atoms with Gasteiger partial charge < -0.3 is 10.0 Å². The fraction of sp³-hybridized carbons (Fsp3) is 0.500. The number of rotatable bonds is 2. The molecule has 0 radical (unpaired) electrons. The second kappa shape index (κ2) is 5.07. The van der Waals surface area contributed by atoms with E-state index in [-0.39, 0.29) is 12.4 Å². The minimum Gasteiger partial charge on any atom is -0.481 e. The van der Waals surface area contributed by atoms with Crippen LogP contribution in [0.4, 0.5) is 19.0 Å². The molecular weight excluding hydrogens is 261 g/mol. The third-order valence-electron chi connectivity index (χ3n) is 3.16. The van der Waals surface area contributed by atoms with E-state index in [1.54, 1.807) is 0 Å². The summed E-state index contributed by atoms with van der Waals surface area (Å²) >= 11 is 0. The summed E-state index contributed by atoms with van der Waals surface area (Å²) in [5.41, 5.74) is -0.818. The van der Waals surface area contributed by atoms with Crippen molar-refractivity contribution in [3.63, 3.8) is 0 Å². The summed E-state index contributed by atoms with van der Waals surface area (Å²) in [5, 5.41) is 8.96. The Morgan fingerprint density at radius 2 is 2.21 bits per heavy atom. The minimum absolute atomic E-state index is 0.0649. The zero-order valence-electron chi connectivity index (χ0n) is 10.0. The molecule has 1 aliphatic rings. The average molecular weight is 274 g/mol. The largest absolute Gasteiger partial charge is 0.481 e. The molecule has 0 spiro atoms. The Hall–Kier alpha value is -1.79. The fourth-order valence-electron chi connectivity index (χ4n) is 2.24. The van der Waals surface area contributed by atoms with Crippen molar-refractivity contribution in [2.45, 2.75) is 19.0 Å². The van der Waals surface area contributed by atoms with Gasteiger partial charge in [-0.15, -0.1) is 0 Å². The second-order valence-corrected chi connectivity index (χ2v) is 4.50. The lowest BCUT2D eigenvalue weighted by atomic mass is 9.98. The predicted molar refractivity (Wildman–Crippen MR) is 61.8 cm³/mol. The number of hydrogen-bond acceptors (Lipinski definition) is 3.